The van der Waals surface area contributed by atoms with Crippen LogP contribution in [0.3, 0.4) is 0 Å². The number of rotatable bonds is 5. The van der Waals surface area contributed by atoms with Crippen LogP contribution >= 0.6 is 27.3 Å². The number of benzene rings is 2. The molecular formula is C21H16BrFN4O5S2. The summed E-state index contributed by atoms with van der Waals surface area (Å²) in [5, 5.41) is 18.2. The Morgan fingerprint density at radius 2 is 1.94 bits per heavy atom. The fraction of sp³-hybridized carbons (Fsp3) is 0.0476. The van der Waals surface area contributed by atoms with Crippen molar-refractivity contribution in [3.05, 3.63) is 74.6 Å². The molecular weight excluding hydrogens is 551 g/mol. The van der Waals surface area contributed by atoms with Crippen LogP contribution in [0.4, 0.5) is 20.6 Å². The second-order valence-electron chi connectivity index (χ2n) is 6.97. The smallest absolute Gasteiger partial charge is 0.333 e. The van der Waals surface area contributed by atoms with Gasteiger partial charge in [-0.25, -0.2) is 26.9 Å². The summed E-state index contributed by atoms with van der Waals surface area (Å²) in [6.45, 7) is 0. The lowest BCUT2D eigenvalue weighted by Gasteiger charge is -2.14. The second kappa shape index (κ2) is 9.08. The van der Waals surface area contributed by atoms with E-state index in [1.54, 1.807) is 24.6 Å². The number of sulfonamides is 1. The fourth-order valence-electron chi connectivity index (χ4n) is 3.26. The first-order valence-corrected chi connectivity index (χ1v) is 12.7. The number of carbonyl (C=O) groups is 1. The van der Waals surface area contributed by atoms with Crippen LogP contribution in [0, 0.1) is 5.82 Å². The van der Waals surface area contributed by atoms with E-state index in [9.17, 15) is 27.5 Å². The third kappa shape index (κ3) is 4.49. The molecule has 0 bridgehead atoms. The molecule has 4 N–H and O–H groups in total. The largest absolute Gasteiger partial charge is 0.494 e. The number of nitrogens with one attached hydrogen (secondary N) is 3. The minimum Gasteiger partial charge on any atom is -0.494 e. The number of thiophene rings is 1. The van der Waals surface area contributed by atoms with Gasteiger partial charge in [0.25, 0.3) is 15.6 Å². The molecule has 0 saturated carbocycles. The molecule has 0 atom stereocenters. The van der Waals surface area contributed by atoms with Crippen LogP contribution < -0.4 is 20.9 Å². The predicted molar refractivity (Wildman–Crippen MR) is 132 cm³/mol. The van der Waals surface area contributed by atoms with E-state index in [0.717, 1.165) is 22.0 Å². The van der Waals surface area contributed by atoms with Gasteiger partial charge in [-0.1, -0.05) is 6.07 Å². The van der Waals surface area contributed by atoms with Crippen LogP contribution in [0.5, 0.6) is 5.88 Å². The highest BCUT2D eigenvalue weighted by atomic mass is 79.9. The van der Waals surface area contributed by atoms with E-state index < -0.39 is 33.3 Å². The number of nitrogens with zero attached hydrogens (tertiary/aromatic N) is 1. The molecule has 0 saturated heterocycles. The van der Waals surface area contributed by atoms with Crippen molar-refractivity contribution in [3.63, 3.8) is 0 Å². The predicted octanol–water partition coefficient (Wildman–Crippen LogP) is 4.21. The van der Waals surface area contributed by atoms with Gasteiger partial charge in [0.2, 0.25) is 5.88 Å². The van der Waals surface area contributed by atoms with E-state index >= 15 is 0 Å². The zero-order valence-electron chi connectivity index (χ0n) is 17.3. The molecule has 4 rings (SSSR count). The number of aromatic nitrogens is 1. The third-order valence-corrected chi connectivity index (χ3v) is 8.18. The van der Waals surface area contributed by atoms with Crippen molar-refractivity contribution in [2.45, 2.75) is 4.21 Å². The van der Waals surface area contributed by atoms with E-state index in [-0.39, 0.29) is 15.6 Å². The van der Waals surface area contributed by atoms with E-state index in [4.69, 9.17) is 0 Å². The summed E-state index contributed by atoms with van der Waals surface area (Å²) in [5.41, 5.74) is -0.288. The number of halogens is 2. The number of aromatic hydroxyl groups is 1. The molecule has 0 fully saturated rings. The molecule has 0 aliphatic heterocycles. The van der Waals surface area contributed by atoms with Crippen molar-refractivity contribution in [3.8, 4) is 11.6 Å². The monoisotopic (exact) mass is 566 g/mol. The second-order valence-corrected chi connectivity index (χ2v) is 10.7. The zero-order valence-corrected chi connectivity index (χ0v) is 20.5. The first kappa shape index (κ1) is 23.7. The Labute approximate surface area is 205 Å². The minimum atomic E-state index is -4.06. The van der Waals surface area contributed by atoms with Crippen molar-refractivity contribution >= 4 is 65.5 Å². The van der Waals surface area contributed by atoms with Crippen LogP contribution in [-0.4, -0.2) is 31.2 Å². The normalized spacial score (nSPS) is 11.4. The van der Waals surface area contributed by atoms with Crippen molar-refractivity contribution < 1.29 is 22.7 Å². The Bertz CT molecular complexity index is 1590. The molecule has 2 heterocycles. The van der Waals surface area contributed by atoms with E-state index in [2.05, 4.69) is 26.6 Å². The van der Waals surface area contributed by atoms with Crippen LogP contribution in [0.2, 0.25) is 0 Å². The maximum absolute atomic E-state index is 14.9. The number of hydrogen-bond acceptors (Lipinski definition) is 7. The van der Waals surface area contributed by atoms with Gasteiger partial charge < -0.3 is 15.7 Å². The molecule has 2 aromatic carbocycles. The van der Waals surface area contributed by atoms with Crippen LogP contribution in [-0.2, 0) is 10.0 Å². The highest BCUT2D eigenvalue weighted by Gasteiger charge is 2.20. The molecule has 0 spiro atoms. The van der Waals surface area contributed by atoms with E-state index in [1.807, 2.05) is 4.72 Å². The average molecular weight is 567 g/mol. The Hall–Kier alpha value is -3.42. The first-order valence-electron chi connectivity index (χ1n) is 9.54. The summed E-state index contributed by atoms with van der Waals surface area (Å²) in [5.74, 6) is -1.40. The van der Waals surface area contributed by atoms with Crippen molar-refractivity contribution in [1.82, 2.24) is 9.29 Å². The van der Waals surface area contributed by atoms with Crippen LogP contribution in [0.25, 0.3) is 16.5 Å². The number of hydrogen-bond donors (Lipinski definition) is 4. The van der Waals surface area contributed by atoms with E-state index in [0.29, 0.717) is 20.9 Å². The Balaban J connectivity index is 1.65. The number of anilines is 2. The number of pyridine rings is 1. The first-order chi connectivity index (χ1) is 16.1. The van der Waals surface area contributed by atoms with Gasteiger partial charge in [-0.3, -0.25) is 4.79 Å². The van der Waals surface area contributed by atoms with Gasteiger partial charge in [0, 0.05) is 34.3 Å². The Morgan fingerprint density at radius 1 is 1.18 bits per heavy atom. The molecule has 2 aromatic heterocycles. The lowest BCUT2D eigenvalue weighted by atomic mass is 10.1. The molecule has 0 aliphatic carbocycles. The summed E-state index contributed by atoms with van der Waals surface area (Å²) in [7, 11) is -2.36. The van der Waals surface area contributed by atoms with Crippen LogP contribution in [0.1, 0.15) is 0 Å². The van der Waals surface area contributed by atoms with Gasteiger partial charge in [-0.2, -0.15) is 0 Å². The summed E-state index contributed by atoms with van der Waals surface area (Å²) >= 11 is 4.30. The van der Waals surface area contributed by atoms with Gasteiger partial charge in [0.1, 0.15) is 10.0 Å². The topological polar surface area (TPSA) is 130 Å². The SMILES string of the molecule is CNc1cc2cc(=O)n(-c3ccc(NC(=O)NS(=O)(=O)c4cccs4)cc3F)c(O)c2cc1Br. The van der Waals surface area contributed by atoms with Crippen molar-refractivity contribution in [1.29, 1.82) is 0 Å². The number of fused-ring (bicyclic) bond motifs is 1. The standard InChI is InChI=1S/C21H16BrFN4O5S2/c1-24-16-7-11-8-18(28)27(20(29)13(11)10-14(16)22)17-5-4-12(9-15(17)23)25-21(30)26-34(31,32)19-3-2-6-33-19/h2-10,24,29H,1H3,(H2,25,26,30). The molecule has 2 amide bonds. The highest BCUT2D eigenvalue weighted by molar-refractivity contribution is 9.10. The van der Waals surface area contributed by atoms with Gasteiger partial charge in [-0.05, 0) is 63.1 Å². The summed E-state index contributed by atoms with van der Waals surface area (Å²) in [6, 6.07) is 9.65. The van der Waals surface area contributed by atoms with Crippen molar-refractivity contribution in [2.24, 2.45) is 0 Å². The molecule has 9 nitrogen and oxygen atoms in total. The lowest BCUT2D eigenvalue weighted by molar-refractivity contribution is 0.256. The maximum atomic E-state index is 14.9. The molecule has 4 aromatic rings. The maximum Gasteiger partial charge on any atom is 0.333 e. The number of amides is 2. The number of urea groups is 1. The molecule has 176 valence electrons. The van der Waals surface area contributed by atoms with Gasteiger partial charge in [0.05, 0.1) is 5.69 Å². The average Bonchev–Trinajstić information content (AvgIpc) is 3.31. The molecule has 0 unspecified atom stereocenters. The molecule has 13 heteroatoms. The van der Waals surface area contributed by atoms with Gasteiger partial charge in [0.15, 0.2) is 0 Å². The fourth-order valence-corrected chi connectivity index (χ4v) is 5.70. The quantitative estimate of drug-likeness (QED) is 0.286. The molecule has 0 aliphatic rings. The van der Waals surface area contributed by atoms with Crippen molar-refractivity contribution in [2.75, 3.05) is 17.7 Å². The minimum absolute atomic E-state index is 0.0520. The van der Waals surface area contributed by atoms with E-state index in [1.165, 1.54) is 30.3 Å². The Kier molecular flexibility index (Phi) is 6.34. The van der Waals surface area contributed by atoms with Gasteiger partial charge in [-0.15, -0.1) is 11.3 Å². The highest BCUT2D eigenvalue weighted by Crippen LogP contribution is 2.33. The molecule has 34 heavy (non-hydrogen) atoms. The zero-order chi connectivity index (χ0) is 24.6. The summed E-state index contributed by atoms with van der Waals surface area (Å²) < 4.78 is 42.4. The Morgan fingerprint density at radius 3 is 2.59 bits per heavy atom. The third-order valence-electron chi connectivity index (χ3n) is 4.79. The summed E-state index contributed by atoms with van der Waals surface area (Å²) in [4.78, 5) is 24.8. The van der Waals surface area contributed by atoms with Crippen LogP contribution in [0.15, 0.2) is 67.4 Å². The number of carbonyl (C=O) groups excluding carboxylic acids is 1. The van der Waals surface area contributed by atoms with Gasteiger partial charge >= 0.3 is 6.03 Å². The lowest BCUT2D eigenvalue weighted by Crippen LogP contribution is -2.34. The summed E-state index contributed by atoms with van der Waals surface area (Å²) in [6.07, 6.45) is 0. The molecule has 0 radical (unpaired) electrons.